The molecule has 0 saturated heterocycles. The van der Waals surface area contributed by atoms with Gasteiger partial charge in [0.25, 0.3) is 0 Å². The molecule has 3 heteroatoms. The van der Waals surface area contributed by atoms with Crippen LogP contribution >= 0.6 is 0 Å². The average molecular weight is 298 g/mol. The van der Waals surface area contributed by atoms with Gasteiger partial charge in [0, 0.05) is 29.1 Å². The second-order valence-corrected chi connectivity index (χ2v) is 5.16. The van der Waals surface area contributed by atoms with Crippen molar-refractivity contribution < 1.29 is 4.42 Å². The Labute approximate surface area is 134 Å². The minimum Gasteiger partial charge on any atom is -0.435 e. The molecule has 0 amide bonds. The number of rotatable bonds is 3. The highest BCUT2D eigenvalue weighted by molar-refractivity contribution is 5.78. The van der Waals surface area contributed by atoms with Crippen molar-refractivity contribution in [3.63, 3.8) is 0 Å². The van der Waals surface area contributed by atoms with Crippen molar-refractivity contribution >= 4 is 0 Å². The van der Waals surface area contributed by atoms with Gasteiger partial charge >= 0.3 is 0 Å². The number of benzene rings is 2. The lowest BCUT2D eigenvalue weighted by atomic mass is 10.1. The highest BCUT2D eigenvalue weighted by Gasteiger charge is 2.17. The fourth-order valence-corrected chi connectivity index (χ4v) is 2.51. The molecule has 0 N–H and O–H groups in total. The van der Waals surface area contributed by atoms with Gasteiger partial charge in [-0.25, -0.2) is 4.98 Å². The number of aromatic nitrogens is 2. The van der Waals surface area contributed by atoms with Gasteiger partial charge in [0.05, 0.1) is 0 Å². The molecule has 110 valence electrons. The molecule has 2 aromatic heterocycles. The van der Waals surface area contributed by atoms with Gasteiger partial charge < -0.3 is 4.42 Å². The Bertz CT molecular complexity index is 843. The van der Waals surface area contributed by atoms with Crippen molar-refractivity contribution in [3.05, 3.63) is 85.2 Å². The molecule has 0 fully saturated rings. The maximum absolute atomic E-state index is 6.10. The number of nitrogens with zero attached hydrogens (tertiary/aromatic N) is 2. The number of oxazole rings is 1. The van der Waals surface area contributed by atoms with Crippen molar-refractivity contribution in [2.45, 2.75) is 0 Å². The van der Waals surface area contributed by atoms with Crippen LogP contribution in [0.1, 0.15) is 0 Å². The summed E-state index contributed by atoms with van der Waals surface area (Å²) in [7, 11) is 0. The van der Waals surface area contributed by atoms with E-state index in [9.17, 15) is 0 Å². The summed E-state index contributed by atoms with van der Waals surface area (Å²) in [6, 6.07) is 23.9. The van der Waals surface area contributed by atoms with Gasteiger partial charge in [-0.2, -0.15) is 0 Å². The van der Waals surface area contributed by atoms with Crippen LogP contribution in [-0.2, 0) is 0 Å². The fourth-order valence-electron chi connectivity index (χ4n) is 2.51. The van der Waals surface area contributed by atoms with Gasteiger partial charge in [0.2, 0.25) is 5.89 Å². The Hall–Kier alpha value is -3.20. The molecule has 4 aromatic rings. The molecule has 23 heavy (non-hydrogen) atoms. The number of pyridine rings is 1. The van der Waals surface area contributed by atoms with Crippen LogP contribution in [0.3, 0.4) is 0 Å². The van der Waals surface area contributed by atoms with Crippen molar-refractivity contribution in [1.82, 2.24) is 9.97 Å². The van der Waals surface area contributed by atoms with Crippen LogP contribution in [0.4, 0.5) is 0 Å². The smallest absolute Gasteiger partial charge is 0.227 e. The third-order valence-corrected chi connectivity index (χ3v) is 3.64. The molecular formula is C20H14N2O. The second kappa shape index (κ2) is 5.89. The predicted octanol–water partition coefficient (Wildman–Crippen LogP) is 5.07. The molecule has 3 nitrogen and oxygen atoms in total. The van der Waals surface area contributed by atoms with Gasteiger partial charge in [-0.3, -0.25) is 4.98 Å². The largest absolute Gasteiger partial charge is 0.435 e. The van der Waals surface area contributed by atoms with Crippen LogP contribution < -0.4 is 0 Å². The lowest BCUT2D eigenvalue weighted by molar-refractivity contribution is 0.589. The lowest BCUT2D eigenvalue weighted by Gasteiger charge is -2.00. The van der Waals surface area contributed by atoms with E-state index in [1.165, 1.54) is 0 Å². The third-order valence-electron chi connectivity index (χ3n) is 3.64. The Morgan fingerprint density at radius 1 is 0.609 bits per heavy atom. The van der Waals surface area contributed by atoms with Crippen LogP contribution in [-0.4, -0.2) is 9.97 Å². The molecule has 0 unspecified atom stereocenters. The Morgan fingerprint density at radius 2 is 1.22 bits per heavy atom. The summed E-state index contributed by atoms with van der Waals surface area (Å²) < 4.78 is 6.10. The highest BCUT2D eigenvalue weighted by atomic mass is 16.4. The van der Waals surface area contributed by atoms with Gasteiger partial charge in [-0.05, 0) is 12.1 Å². The normalized spacial score (nSPS) is 10.6. The molecule has 0 bridgehead atoms. The van der Waals surface area contributed by atoms with Gasteiger partial charge in [0.15, 0.2) is 5.76 Å². The predicted molar refractivity (Wildman–Crippen MR) is 90.6 cm³/mol. The van der Waals surface area contributed by atoms with Crippen LogP contribution in [0, 0.1) is 0 Å². The quantitative estimate of drug-likeness (QED) is 0.530. The molecule has 0 aliphatic heterocycles. The molecule has 2 heterocycles. The van der Waals surface area contributed by atoms with Crippen molar-refractivity contribution in [3.8, 4) is 34.0 Å². The van der Waals surface area contributed by atoms with Gasteiger partial charge in [-0.15, -0.1) is 0 Å². The van der Waals surface area contributed by atoms with E-state index in [0.717, 1.165) is 28.1 Å². The monoisotopic (exact) mass is 298 g/mol. The first-order valence-electron chi connectivity index (χ1n) is 7.44. The molecule has 0 atom stereocenters. The van der Waals surface area contributed by atoms with Crippen LogP contribution in [0.5, 0.6) is 0 Å². The van der Waals surface area contributed by atoms with Crippen LogP contribution in [0.2, 0.25) is 0 Å². The first kappa shape index (κ1) is 13.5. The van der Waals surface area contributed by atoms with E-state index < -0.39 is 0 Å². The SMILES string of the molecule is c1ccc(-c2nc(-c3ccncc3)oc2-c2ccccc2)cc1. The molecular weight excluding hydrogens is 284 g/mol. The maximum Gasteiger partial charge on any atom is 0.227 e. The molecule has 0 aliphatic carbocycles. The summed E-state index contributed by atoms with van der Waals surface area (Å²) in [4.78, 5) is 8.78. The summed E-state index contributed by atoms with van der Waals surface area (Å²) in [5.74, 6) is 1.38. The summed E-state index contributed by atoms with van der Waals surface area (Å²) in [6.45, 7) is 0. The van der Waals surface area contributed by atoms with Gasteiger partial charge in [-0.1, -0.05) is 60.7 Å². The molecule has 0 saturated carbocycles. The minimum atomic E-state index is 0.602. The number of hydrogen-bond donors (Lipinski definition) is 0. The zero-order chi connectivity index (χ0) is 15.5. The lowest BCUT2D eigenvalue weighted by Crippen LogP contribution is -1.82. The van der Waals surface area contributed by atoms with E-state index in [-0.39, 0.29) is 0 Å². The number of hydrogen-bond acceptors (Lipinski definition) is 3. The highest BCUT2D eigenvalue weighted by Crippen LogP contribution is 2.35. The van der Waals surface area contributed by atoms with E-state index in [0.29, 0.717) is 5.89 Å². The standard InChI is InChI=1S/C20H14N2O/c1-3-7-15(8-4-1)18-19(16-9-5-2-6-10-16)23-20(22-18)17-11-13-21-14-12-17/h1-14H. The summed E-state index contributed by atoms with van der Waals surface area (Å²) in [5, 5.41) is 0. The third kappa shape index (κ3) is 2.64. The van der Waals surface area contributed by atoms with Crippen molar-refractivity contribution in [1.29, 1.82) is 0 Å². The van der Waals surface area contributed by atoms with E-state index in [1.807, 2.05) is 72.8 Å². The van der Waals surface area contributed by atoms with E-state index in [1.54, 1.807) is 12.4 Å². The first-order chi connectivity index (χ1) is 11.4. The van der Waals surface area contributed by atoms with E-state index in [4.69, 9.17) is 9.40 Å². The Kier molecular flexibility index (Phi) is 3.45. The molecule has 4 rings (SSSR count). The first-order valence-corrected chi connectivity index (χ1v) is 7.44. The van der Waals surface area contributed by atoms with Crippen LogP contribution in [0.25, 0.3) is 34.0 Å². The summed E-state index contributed by atoms with van der Waals surface area (Å²) in [6.07, 6.45) is 3.48. The average Bonchev–Trinajstić information content (AvgIpc) is 3.09. The fraction of sp³-hybridized carbons (Fsp3) is 0. The zero-order valence-electron chi connectivity index (χ0n) is 12.4. The molecule has 0 radical (unpaired) electrons. The molecule has 0 spiro atoms. The Morgan fingerprint density at radius 3 is 1.87 bits per heavy atom. The van der Waals surface area contributed by atoms with Crippen molar-refractivity contribution in [2.75, 3.05) is 0 Å². The minimum absolute atomic E-state index is 0.602. The second-order valence-electron chi connectivity index (χ2n) is 5.16. The topological polar surface area (TPSA) is 38.9 Å². The van der Waals surface area contributed by atoms with Crippen molar-refractivity contribution in [2.24, 2.45) is 0 Å². The van der Waals surface area contributed by atoms with Crippen LogP contribution in [0.15, 0.2) is 89.6 Å². The van der Waals surface area contributed by atoms with Gasteiger partial charge in [0.1, 0.15) is 5.69 Å². The molecule has 2 aromatic carbocycles. The summed E-state index contributed by atoms with van der Waals surface area (Å²) >= 11 is 0. The summed E-state index contributed by atoms with van der Waals surface area (Å²) in [5.41, 5.74) is 3.82. The maximum atomic E-state index is 6.10. The van der Waals surface area contributed by atoms with E-state index in [2.05, 4.69) is 4.98 Å². The zero-order valence-corrected chi connectivity index (χ0v) is 12.4. The molecule has 0 aliphatic rings. The van der Waals surface area contributed by atoms with E-state index >= 15 is 0 Å². The Balaban J connectivity index is 1.91.